The molecule has 3 N–H and O–H groups in total. The summed E-state index contributed by atoms with van der Waals surface area (Å²) in [5, 5.41) is 17.8. The highest BCUT2D eigenvalue weighted by atomic mass is 19.3. The lowest BCUT2D eigenvalue weighted by Gasteiger charge is -2.21. The fraction of sp³-hybridized carbons (Fsp3) is 0.348. The average Bonchev–Trinajstić information content (AvgIpc) is 3.40. The number of benzene rings is 1. The number of nitrogens with one attached hydrogen (secondary N) is 3. The molecule has 0 saturated heterocycles. The predicted octanol–water partition coefficient (Wildman–Crippen LogP) is 5.69. The molecule has 0 aliphatic heterocycles. The van der Waals surface area contributed by atoms with Gasteiger partial charge in [-0.2, -0.15) is 18.6 Å². The topological polar surface area (TPSA) is 87.8 Å². The molecule has 1 fully saturated rings. The van der Waals surface area contributed by atoms with E-state index in [9.17, 15) is 8.78 Å². The molecule has 1 aliphatic carbocycles. The highest BCUT2D eigenvalue weighted by Gasteiger charge is 2.27. The first-order valence-electron chi connectivity index (χ1n) is 10.6. The monoisotopic (exact) mass is 440 g/mol. The van der Waals surface area contributed by atoms with Crippen molar-refractivity contribution in [2.75, 3.05) is 17.7 Å². The minimum Gasteiger partial charge on any atom is -0.489 e. The fourth-order valence-corrected chi connectivity index (χ4v) is 3.99. The van der Waals surface area contributed by atoms with E-state index in [1.54, 1.807) is 19.2 Å². The van der Waals surface area contributed by atoms with Crippen molar-refractivity contribution in [3.63, 3.8) is 0 Å². The van der Waals surface area contributed by atoms with Crippen molar-refractivity contribution in [3.05, 3.63) is 48.0 Å². The van der Waals surface area contributed by atoms with Gasteiger partial charge in [0.2, 0.25) is 0 Å². The summed E-state index contributed by atoms with van der Waals surface area (Å²) in [6.07, 6.45) is 4.36. The molecule has 0 amide bonds. The molecule has 2 unspecified atom stereocenters. The van der Waals surface area contributed by atoms with Gasteiger partial charge in [0, 0.05) is 31.0 Å². The molecule has 168 valence electrons. The Bertz CT molecular complexity index is 1090. The second-order valence-electron chi connectivity index (χ2n) is 7.85. The van der Waals surface area contributed by atoms with Gasteiger partial charge in [-0.3, -0.25) is 0 Å². The summed E-state index contributed by atoms with van der Waals surface area (Å²) >= 11 is 0. The summed E-state index contributed by atoms with van der Waals surface area (Å²) < 4.78 is 34.3. The normalized spacial score (nSPS) is 18.0. The Balaban J connectivity index is 1.70. The summed E-state index contributed by atoms with van der Waals surface area (Å²) in [5.41, 5.74) is 1.68. The van der Waals surface area contributed by atoms with Crippen molar-refractivity contribution < 1.29 is 13.5 Å². The number of hydrogen-bond donors (Lipinski definition) is 3. The van der Waals surface area contributed by atoms with Crippen LogP contribution in [0, 0.1) is 11.3 Å². The lowest BCUT2D eigenvalue weighted by atomic mass is 10.1. The van der Waals surface area contributed by atoms with Crippen LogP contribution in [0.2, 0.25) is 0 Å². The van der Waals surface area contributed by atoms with Crippen LogP contribution in [0.3, 0.4) is 0 Å². The van der Waals surface area contributed by atoms with E-state index in [0.29, 0.717) is 39.2 Å². The van der Waals surface area contributed by atoms with Crippen molar-refractivity contribution >= 4 is 23.7 Å². The van der Waals surface area contributed by atoms with Crippen LogP contribution in [0.1, 0.15) is 38.3 Å². The van der Waals surface area contributed by atoms with Crippen LogP contribution in [-0.4, -0.2) is 34.1 Å². The third-order valence-corrected chi connectivity index (χ3v) is 5.71. The first kappa shape index (κ1) is 21.7. The number of aromatic nitrogens is 3. The number of rotatable bonds is 8. The molecule has 1 aromatic carbocycles. The Morgan fingerprint density at radius 1 is 1.22 bits per heavy atom. The van der Waals surface area contributed by atoms with E-state index >= 15 is 0 Å². The van der Waals surface area contributed by atoms with Crippen molar-refractivity contribution in [1.29, 1.82) is 5.41 Å². The summed E-state index contributed by atoms with van der Waals surface area (Å²) in [7, 11) is 1.69. The molecule has 0 bridgehead atoms. The first-order chi connectivity index (χ1) is 15.5. The van der Waals surface area contributed by atoms with Gasteiger partial charge in [-0.15, -0.1) is 0 Å². The van der Waals surface area contributed by atoms with E-state index in [2.05, 4.69) is 27.6 Å². The van der Waals surface area contributed by atoms with E-state index in [1.165, 1.54) is 6.21 Å². The molecule has 0 spiro atoms. The second kappa shape index (κ2) is 9.33. The van der Waals surface area contributed by atoms with E-state index in [1.807, 2.05) is 30.3 Å². The molecular formula is C23H26F2N6O. The lowest BCUT2D eigenvalue weighted by Crippen LogP contribution is -2.20. The van der Waals surface area contributed by atoms with Crippen LogP contribution in [0.25, 0.3) is 11.3 Å². The number of alkyl halides is 2. The Morgan fingerprint density at radius 3 is 2.62 bits per heavy atom. The van der Waals surface area contributed by atoms with Gasteiger partial charge in [0.1, 0.15) is 29.3 Å². The number of ether oxygens (including phenoxy) is 1. The van der Waals surface area contributed by atoms with Crippen LogP contribution in [-0.2, 0) is 0 Å². The summed E-state index contributed by atoms with van der Waals surface area (Å²) in [4.78, 5) is 4.45. The average molecular weight is 440 g/mol. The molecule has 2 aromatic heterocycles. The molecule has 7 nitrogen and oxygen atoms in total. The summed E-state index contributed by atoms with van der Waals surface area (Å²) in [6.45, 7) is -0.678. The van der Waals surface area contributed by atoms with Crippen LogP contribution in [0.15, 0.2) is 42.5 Å². The SMILES string of the molecule is CNc1nc(Nc2cc(-c3ccccc3)nn2C(F)F)cc(OC2CCCC2C)c1C=N. The third kappa shape index (κ3) is 4.42. The van der Waals surface area contributed by atoms with E-state index < -0.39 is 6.55 Å². The standard InChI is InChI=1S/C23H26F2N6O/c1-14-7-6-10-18(14)32-19-12-20(29-22(27-2)16(19)13-26)28-21-11-17(30-31(21)23(24)25)15-8-4-3-5-9-15/h3-5,8-9,11-14,18,23,26H,6-7,10H2,1-2H3,(H2,27,28,29). The predicted molar refractivity (Wildman–Crippen MR) is 121 cm³/mol. The maximum Gasteiger partial charge on any atom is 0.335 e. The molecule has 3 aromatic rings. The van der Waals surface area contributed by atoms with E-state index in [-0.39, 0.29) is 11.9 Å². The molecule has 4 rings (SSSR count). The number of halogens is 2. The molecule has 0 radical (unpaired) electrons. The minimum absolute atomic E-state index is 0.0462. The highest BCUT2D eigenvalue weighted by Crippen LogP contribution is 2.35. The van der Waals surface area contributed by atoms with Crippen LogP contribution in [0.4, 0.5) is 26.2 Å². The number of hydrogen-bond acceptors (Lipinski definition) is 6. The summed E-state index contributed by atoms with van der Waals surface area (Å²) in [6, 6.07) is 12.3. The first-order valence-corrected chi connectivity index (χ1v) is 10.6. The Morgan fingerprint density at radius 2 is 2.00 bits per heavy atom. The maximum atomic E-state index is 13.7. The fourth-order valence-electron chi connectivity index (χ4n) is 3.99. The van der Waals surface area contributed by atoms with E-state index in [4.69, 9.17) is 10.1 Å². The van der Waals surface area contributed by atoms with Crippen molar-refractivity contribution in [3.8, 4) is 17.0 Å². The van der Waals surface area contributed by atoms with Crippen molar-refractivity contribution in [2.24, 2.45) is 5.92 Å². The van der Waals surface area contributed by atoms with Crippen LogP contribution < -0.4 is 15.4 Å². The van der Waals surface area contributed by atoms with Crippen molar-refractivity contribution in [2.45, 2.75) is 38.8 Å². The molecule has 9 heteroatoms. The quantitative estimate of drug-likeness (QED) is 0.392. The zero-order valence-electron chi connectivity index (χ0n) is 18.0. The second-order valence-corrected chi connectivity index (χ2v) is 7.85. The van der Waals surface area contributed by atoms with Crippen LogP contribution in [0.5, 0.6) is 5.75 Å². The van der Waals surface area contributed by atoms with Gasteiger partial charge in [0.05, 0.1) is 11.3 Å². The molecule has 32 heavy (non-hydrogen) atoms. The van der Waals surface area contributed by atoms with Gasteiger partial charge < -0.3 is 20.8 Å². The molecule has 2 heterocycles. The van der Waals surface area contributed by atoms with Gasteiger partial charge in [-0.25, -0.2) is 4.98 Å². The Kier molecular flexibility index (Phi) is 6.34. The highest BCUT2D eigenvalue weighted by molar-refractivity contribution is 5.89. The maximum absolute atomic E-state index is 13.7. The third-order valence-electron chi connectivity index (χ3n) is 5.71. The molecule has 1 saturated carbocycles. The van der Waals surface area contributed by atoms with Gasteiger partial charge in [0.15, 0.2) is 0 Å². The summed E-state index contributed by atoms with van der Waals surface area (Å²) in [5.74, 6) is 1.76. The zero-order chi connectivity index (χ0) is 22.7. The zero-order valence-corrected chi connectivity index (χ0v) is 18.0. The number of pyridine rings is 1. The van der Waals surface area contributed by atoms with Gasteiger partial charge in [-0.1, -0.05) is 37.3 Å². The van der Waals surface area contributed by atoms with Gasteiger partial charge in [-0.05, 0) is 25.2 Å². The largest absolute Gasteiger partial charge is 0.489 e. The lowest BCUT2D eigenvalue weighted by molar-refractivity contribution is 0.0593. The van der Waals surface area contributed by atoms with Crippen LogP contribution >= 0.6 is 0 Å². The van der Waals surface area contributed by atoms with Gasteiger partial charge >= 0.3 is 6.55 Å². The number of anilines is 3. The van der Waals surface area contributed by atoms with Gasteiger partial charge in [0.25, 0.3) is 0 Å². The molecule has 2 atom stereocenters. The minimum atomic E-state index is -2.82. The number of nitrogens with zero attached hydrogens (tertiary/aromatic N) is 3. The molecular weight excluding hydrogens is 414 g/mol. The van der Waals surface area contributed by atoms with E-state index in [0.717, 1.165) is 24.8 Å². The Hall–Kier alpha value is -3.49. The Labute approximate surface area is 185 Å². The van der Waals surface area contributed by atoms with Crippen molar-refractivity contribution in [1.82, 2.24) is 14.8 Å². The smallest absolute Gasteiger partial charge is 0.335 e. The molecule has 1 aliphatic rings.